The zero-order valence-electron chi connectivity index (χ0n) is 12.7. The summed E-state index contributed by atoms with van der Waals surface area (Å²) >= 11 is 0. The van der Waals surface area contributed by atoms with Gasteiger partial charge in [0.25, 0.3) is 11.8 Å². The van der Waals surface area contributed by atoms with Gasteiger partial charge in [-0.1, -0.05) is 48.5 Å². The number of amides is 2. The van der Waals surface area contributed by atoms with Crippen LogP contribution in [0.1, 0.15) is 20.7 Å². The Labute approximate surface area is 139 Å². The summed E-state index contributed by atoms with van der Waals surface area (Å²) in [7, 11) is 0. The fourth-order valence-corrected chi connectivity index (χ4v) is 2.36. The maximum atomic E-state index is 14.2. The second kappa shape index (κ2) is 6.87. The van der Waals surface area contributed by atoms with E-state index in [1.807, 2.05) is 0 Å². The van der Waals surface area contributed by atoms with Gasteiger partial charge < -0.3 is 0 Å². The minimum Gasteiger partial charge on any atom is -0.268 e. The summed E-state index contributed by atoms with van der Waals surface area (Å²) in [6, 6.07) is 22.4. The number of nitrogens with zero attached hydrogens (tertiary/aromatic N) is 1. The van der Waals surface area contributed by atoms with Crippen LogP contribution in [0.5, 0.6) is 0 Å². The smallest absolute Gasteiger partial charge is 0.265 e. The Morgan fingerprint density at radius 3 is 1.50 bits per heavy atom. The minimum absolute atomic E-state index is 0.0693. The van der Waals surface area contributed by atoms with Crippen molar-refractivity contribution >= 4 is 17.5 Å². The van der Waals surface area contributed by atoms with E-state index in [1.54, 1.807) is 66.7 Å². The van der Waals surface area contributed by atoms with Crippen molar-refractivity contribution in [2.45, 2.75) is 0 Å². The van der Waals surface area contributed by atoms with Crippen LogP contribution >= 0.6 is 0 Å². The average Bonchev–Trinajstić information content (AvgIpc) is 2.64. The number of rotatable bonds is 3. The zero-order valence-corrected chi connectivity index (χ0v) is 12.7. The van der Waals surface area contributed by atoms with Crippen LogP contribution < -0.4 is 4.90 Å². The number of hydrogen-bond donors (Lipinski definition) is 0. The van der Waals surface area contributed by atoms with Crippen LogP contribution in [-0.2, 0) is 0 Å². The standard InChI is InChI=1S/C20H14FNO2/c21-17-13-7-8-14-18(17)22(19(23)15-9-3-1-4-10-15)20(24)16-11-5-2-6-12-16/h1-14H. The summed E-state index contributed by atoms with van der Waals surface area (Å²) in [5.74, 6) is -1.78. The van der Waals surface area contributed by atoms with E-state index in [1.165, 1.54) is 18.2 Å². The molecule has 0 aromatic heterocycles. The first-order chi connectivity index (χ1) is 11.7. The number of anilines is 1. The molecular formula is C20H14FNO2. The molecule has 118 valence electrons. The highest BCUT2D eigenvalue weighted by Crippen LogP contribution is 2.23. The lowest BCUT2D eigenvalue weighted by Gasteiger charge is -2.21. The van der Waals surface area contributed by atoms with Gasteiger partial charge in [0, 0.05) is 11.1 Å². The van der Waals surface area contributed by atoms with E-state index in [4.69, 9.17) is 0 Å². The van der Waals surface area contributed by atoms with E-state index < -0.39 is 17.6 Å². The molecule has 3 aromatic carbocycles. The second-order valence-corrected chi connectivity index (χ2v) is 5.13. The molecular weight excluding hydrogens is 305 g/mol. The van der Waals surface area contributed by atoms with Crippen molar-refractivity contribution in [3.05, 3.63) is 102 Å². The Bertz CT molecular complexity index is 812. The molecule has 3 rings (SSSR count). The van der Waals surface area contributed by atoms with Gasteiger partial charge in [0.05, 0.1) is 5.69 Å². The highest BCUT2D eigenvalue weighted by molar-refractivity contribution is 6.25. The van der Waals surface area contributed by atoms with Gasteiger partial charge in [-0.15, -0.1) is 0 Å². The third-order valence-corrected chi connectivity index (χ3v) is 3.54. The van der Waals surface area contributed by atoms with Gasteiger partial charge in [0.2, 0.25) is 0 Å². The van der Waals surface area contributed by atoms with Gasteiger partial charge in [-0.05, 0) is 36.4 Å². The Balaban J connectivity index is 2.10. The van der Waals surface area contributed by atoms with Crippen molar-refractivity contribution in [3.63, 3.8) is 0 Å². The molecule has 0 unspecified atom stereocenters. The van der Waals surface area contributed by atoms with Crippen LogP contribution in [0.4, 0.5) is 10.1 Å². The predicted octanol–water partition coefficient (Wildman–Crippen LogP) is 4.31. The largest absolute Gasteiger partial charge is 0.268 e. The number of para-hydroxylation sites is 1. The molecule has 2 amide bonds. The molecule has 0 fully saturated rings. The molecule has 0 spiro atoms. The molecule has 0 aliphatic rings. The summed E-state index contributed by atoms with van der Waals surface area (Å²) in [4.78, 5) is 26.6. The van der Waals surface area contributed by atoms with Crippen molar-refractivity contribution in [2.24, 2.45) is 0 Å². The molecule has 0 saturated heterocycles. The summed E-state index contributed by atoms with van der Waals surface area (Å²) in [6.07, 6.45) is 0. The number of benzene rings is 3. The van der Waals surface area contributed by atoms with E-state index in [2.05, 4.69) is 0 Å². The quantitative estimate of drug-likeness (QED) is 0.675. The Kier molecular flexibility index (Phi) is 4.47. The Morgan fingerprint density at radius 2 is 1.04 bits per heavy atom. The van der Waals surface area contributed by atoms with Crippen molar-refractivity contribution in [2.75, 3.05) is 4.90 Å². The molecule has 0 atom stereocenters. The predicted molar refractivity (Wildman–Crippen MR) is 90.4 cm³/mol. The first-order valence-electron chi connectivity index (χ1n) is 7.42. The van der Waals surface area contributed by atoms with Crippen LogP contribution in [0.15, 0.2) is 84.9 Å². The maximum Gasteiger partial charge on any atom is 0.265 e. The van der Waals surface area contributed by atoms with E-state index in [0.29, 0.717) is 11.1 Å². The SMILES string of the molecule is O=C(c1ccccc1)N(C(=O)c1ccccc1)c1ccccc1F. The highest BCUT2D eigenvalue weighted by atomic mass is 19.1. The minimum atomic E-state index is -0.633. The topological polar surface area (TPSA) is 37.4 Å². The van der Waals surface area contributed by atoms with Crippen LogP contribution in [0.2, 0.25) is 0 Å². The molecule has 0 saturated carbocycles. The van der Waals surface area contributed by atoms with Crippen LogP contribution in [-0.4, -0.2) is 11.8 Å². The van der Waals surface area contributed by atoms with Gasteiger partial charge in [-0.2, -0.15) is 0 Å². The van der Waals surface area contributed by atoms with Gasteiger partial charge >= 0.3 is 0 Å². The Hall–Kier alpha value is -3.27. The monoisotopic (exact) mass is 319 g/mol. The number of carbonyl (C=O) groups is 2. The molecule has 0 aliphatic carbocycles. The van der Waals surface area contributed by atoms with Crippen molar-refractivity contribution in [1.29, 1.82) is 0 Å². The maximum absolute atomic E-state index is 14.2. The fourth-order valence-electron chi connectivity index (χ4n) is 2.36. The lowest BCUT2D eigenvalue weighted by Crippen LogP contribution is -2.37. The third-order valence-electron chi connectivity index (χ3n) is 3.54. The summed E-state index contributed by atoms with van der Waals surface area (Å²) in [5.41, 5.74) is 0.551. The van der Waals surface area contributed by atoms with E-state index in [-0.39, 0.29) is 5.69 Å². The third kappa shape index (κ3) is 3.08. The van der Waals surface area contributed by atoms with Gasteiger partial charge in [-0.25, -0.2) is 9.29 Å². The average molecular weight is 319 g/mol. The zero-order chi connectivity index (χ0) is 16.9. The lowest BCUT2D eigenvalue weighted by atomic mass is 10.1. The fraction of sp³-hybridized carbons (Fsp3) is 0. The molecule has 3 aromatic rings. The molecule has 0 aliphatic heterocycles. The van der Waals surface area contributed by atoms with E-state index in [9.17, 15) is 14.0 Å². The molecule has 4 heteroatoms. The highest BCUT2D eigenvalue weighted by Gasteiger charge is 2.27. The molecule has 0 radical (unpaired) electrons. The van der Waals surface area contributed by atoms with Crippen LogP contribution in [0.3, 0.4) is 0 Å². The second-order valence-electron chi connectivity index (χ2n) is 5.13. The van der Waals surface area contributed by atoms with Crippen molar-refractivity contribution in [1.82, 2.24) is 0 Å². The van der Waals surface area contributed by atoms with Crippen molar-refractivity contribution < 1.29 is 14.0 Å². The number of hydrogen-bond acceptors (Lipinski definition) is 2. The van der Waals surface area contributed by atoms with Crippen LogP contribution in [0, 0.1) is 5.82 Å². The van der Waals surface area contributed by atoms with Gasteiger partial charge in [0.15, 0.2) is 0 Å². The summed E-state index contributed by atoms with van der Waals surface area (Å²) in [5, 5.41) is 0. The molecule has 3 nitrogen and oxygen atoms in total. The van der Waals surface area contributed by atoms with Gasteiger partial charge in [0.1, 0.15) is 5.82 Å². The summed E-state index contributed by atoms with van der Waals surface area (Å²) in [6.45, 7) is 0. The molecule has 0 bridgehead atoms. The molecule has 24 heavy (non-hydrogen) atoms. The van der Waals surface area contributed by atoms with Gasteiger partial charge in [-0.3, -0.25) is 9.59 Å². The molecule has 0 heterocycles. The van der Waals surface area contributed by atoms with E-state index >= 15 is 0 Å². The van der Waals surface area contributed by atoms with E-state index in [0.717, 1.165) is 4.90 Å². The first-order valence-corrected chi connectivity index (χ1v) is 7.42. The summed E-state index contributed by atoms with van der Waals surface area (Å²) < 4.78 is 14.2. The first kappa shape index (κ1) is 15.6. The number of imide groups is 1. The Morgan fingerprint density at radius 1 is 0.625 bits per heavy atom. The lowest BCUT2D eigenvalue weighted by molar-refractivity contribution is 0.0896. The van der Waals surface area contributed by atoms with Crippen molar-refractivity contribution in [3.8, 4) is 0 Å². The number of halogens is 1. The number of carbonyl (C=O) groups excluding carboxylic acids is 2. The molecule has 0 N–H and O–H groups in total. The van der Waals surface area contributed by atoms with Crippen LogP contribution in [0.25, 0.3) is 0 Å². The normalized spacial score (nSPS) is 10.2.